The maximum atomic E-state index is 12.3. The molecule has 0 aliphatic heterocycles. The van der Waals surface area contributed by atoms with Crippen LogP contribution < -0.4 is 0 Å². The highest BCUT2D eigenvalue weighted by atomic mass is 32.3. The third-order valence-corrected chi connectivity index (χ3v) is 3.76. The summed E-state index contributed by atoms with van der Waals surface area (Å²) in [7, 11) is -4.26. The minimum atomic E-state index is -4.26. The summed E-state index contributed by atoms with van der Waals surface area (Å²) in [5.74, 6) is -0.230. The summed E-state index contributed by atoms with van der Waals surface area (Å²) in [6.45, 7) is 4.35. The van der Waals surface area contributed by atoms with Crippen LogP contribution in [0.5, 0.6) is 0 Å². The Morgan fingerprint density at radius 2 is 1.77 bits per heavy atom. The van der Waals surface area contributed by atoms with Crippen molar-refractivity contribution >= 4 is 10.2 Å². The Balaban J connectivity index is 2.43. The minimum absolute atomic E-state index is 0.0445. The van der Waals surface area contributed by atoms with Gasteiger partial charge in [-0.05, 0) is 37.0 Å². The highest BCUT2D eigenvalue weighted by molar-refractivity contribution is 7.86. The van der Waals surface area contributed by atoms with Crippen LogP contribution in [-0.2, 0) is 10.2 Å². The van der Waals surface area contributed by atoms with Gasteiger partial charge in [0.05, 0.1) is 5.75 Å². The molecule has 1 aliphatic carbocycles. The smallest absolute Gasteiger partial charge is 0.195 e. The van der Waals surface area contributed by atoms with Crippen LogP contribution in [-0.4, -0.2) is 14.2 Å². The Kier molecular flexibility index (Phi) is 3.00. The van der Waals surface area contributed by atoms with Crippen LogP contribution >= 0.6 is 0 Å². The third kappa shape index (κ3) is 4.07. The second kappa shape index (κ2) is 3.56. The summed E-state index contributed by atoms with van der Waals surface area (Å²) < 4.78 is 33.1. The van der Waals surface area contributed by atoms with Crippen molar-refractivity contribution < 1.29 is 12.3 Å². The van der Waals surface area contributed by atoms with E-state index in [2.05, 4.69) is 13.8 Å². The lowest BCUT2D eigenvalue weighted by Gasteiger charge is -2.33. The molecule has 4 heteroatoms. The van der Waals surface area contributed by atoms with E-state index in [9.17, 15) is 12.3 Å². The van der Waals surface area contributed by atoms with Gasteiger partial charge in [0, 0.05) is 0 Å². The van der Waals surface area contributed by atoms with Crippen molar-refractivity contribution in [3.63, 3.8) is 0 Å². The van der Waals surface area contributed by atoms with Crippen molar-refractivity contribution in [3.8, 4) is 0 Å². The molecule has 0 aromatic heterocycles. The molecule has 1 aliphatic rings. The van der Waals surface area contributed by atoms with E-state index in [-0.39, 0.29) is 11.7 Å². The molecule has 0 bridgehead atoms. The van der Waals surface area contributed by atoms with Crippen LogP contribution in [0, 0.1) is 11.3 Å². The summed E-state index contributed by atoms with van der Waals surface area (Å²) in [5.41, 5.74) is 0.316. The Labute approximate surface area is 79.7 Å². The van der Waals surface area contributed by atoms with Crippen molar-refractivity contribution in [2.24, 2.45) is 11.3 Å². The van der Waals surface area contributed by atoms with Crippen LogP contribution in [0.2, 0.25) is 0 Å². The average Bonchev–Trinajstić information content (AvgIpc) is 1.91. The van der Waals surface area contributed by atoms with E-state index in [1.54, 1.807) is 0 Å². The fraction of sp³-hybridized carbons (Fsp3) is 1.00. The van der Waals surface area contributed by atoms with Crippen molar-refractivity contribution in [2.45, 2.75) is 39.5 Å². The van der Waals surface area contributed by atoms with E-state index >= 15 is 0 Å². The zero-order valence-electron chi connectivity index (χ0n) is 8.22. The van der Waals surface area contributed by atoms with Gasteiger partial charge in [-0.15, -0.1) is 3.89 Å². The quantitative estimate of drug-likeness (QED) is 0.653. The Hall–Kier alpha value is -0.120. The maximum absolute atomic E-state index is 12.3. The first-order valence-corrected chi connectivity index (χ1v) is 6.26. The standard InChI is InChI=1S/C9H17FO2S/c1-9(2)5-3-8(4-6-9)7-13(10,11)12/h8H,3-7H2,1-2H3. The number of hydrogen-bond acceptors (Lipinski definition) is 2. The lowest BCUT2D eigenvalue weighted by atomic mass is 9.74. The molecule has 0 saturated heterocycles. The van der Waals surface area contributed by atoms with Crippen LogP contribution in [0.25, 0.3) is 0 Å². The summed E-state index contributed by atoms with van der Waals surface area (Å²) in [5, 5.41) is 0. The monoisotopic (exact) mass is 208 g/mol. The Morgan fingerprint density at radius 3 is 2.15 bits per heavy atom. The number of rotatable bonds is 2. The van der Waals surface area contributed by atoms with Crippen LogP contribution in [0.4, 0.5) is 3.89 Å². The molecular weight excluding hydrogens is 191 g/mol. The maximum Gasteiger partial charge on any atom is 0.302 e. The first-order valence-electron chi connectivity index (χ1n) is 4.71. The lowest BCUT2D eigenvalue weighted by Crippen LogP contribution is -2.24. The van der Waals surface area contributed by atoms with Gasteiger partial charge in [-0.3, -0.25) is 0 Å². The highest BCUT2D eigenvalue weighted by Gasteiger charge is 2.29. The number of halogens is 1. The van der Waals surface area contributed by atoms with Gasteiger partial charge in [-0.2, -0.15) is 8.42 Å². The van der Waals surface area contributed by atoms with Crippen molar-refractivity contribution in [1.82, 2.24) is 0 Å². The summed E-state index contributed by atoms with van der Waals surface area (Å²) >= 11 is 0. The van der Waals surface area contributed by atoms with Crippen LogP contribution in [0.3, 0.4) is 0 Å². The van der Waals surface area contributed by atoms with Gasteiger partial charge in [0.2, 0.25) is 0 Å². The summed E-state index contributed by atoms with van der Waals surface area (Å²) in [6, 6.07) is 0. The summed E-state index contributed by atoms with van der Waals surface area (Å²) in [4.78, 5) is 0. The molecule has 0 atom stereocenters. The van der Waals surface area contributed by atoms with Crippen molar-refractivity contribution in [2.75, 3.05) is 5.75 Å². The molecule has 0 heterocycles. The molecule has 1 saturated carbocycles. The van der Waals surface area contributed by atoms with E-state index in [1.165, 1.54) is 0 Å². The molecule has 78 valence electrons. The van der Waals surface area contributed by atoms with Gasteiger partial charge < -0.3 is 0 Å². The fourth-order valence-corrected chi connectivity index (χ4v) is 2.80. The second-order valence-corrected chi connectivity index (χ2v) is 6.22. The van der Waals surface area contributed by atoms with E-state index in [1.807, 2.05) is 0 Å². The first kappa shape index (κ1) is 11.0. The molecule has 2 nitrogen and oxygen atoms in total. The molecule has 0 aromatic rings. The van der Waals surface area contributed by atoms with E-state index in [0.29, 0.717) is 5.41 Å². The van der Waals surface area contributed by atoms with Crippen molar-refractivity contribution in [1.29, 1.82) is 0 Å². The number of hydrogen-bond donors (Lipinski definition) is 0. The van der Waals surface area contributed by atoms with Crippen molar-refractivity contribution in [3.05, 3.63) is 0 Å². The first-order chi connectivity index (χ1) is 5.79. The SMILES string of the molecule is CC1(C)CCC(CS(=O)(=O)F)CC1. The zero-order valence-corrected chi connectivity index (χ0v) is 9.03. The third-order valence-electron chi connectivity index (χ3n) is 2.89. The van der Waals surface area contributed by atoms with Crippen LogP contribution in [0.15, 0.2) is 0 Å². The fourth-order valence-electron chi connectivity index (χ4n) is 1.91. The molecule has 1 fully saturated rings. The molecule has 0 radical (unpaired) electrons. The van der Waals surface area contributed by atoms with Gasteiger partial charge in [0.15, 0.2) is 0 Å². The molecule has 0 unspecified atom stereocenters. The van der Waals surface area contributed by atoms with E-state index in [4.69, 9.17) is 0 Å². The highest BCUT2D eigenvalue weighted by Crippen LogP contribution is 2.38. The molecular formula is C9H17FO2S. The van der Waals surface area contributed by atoms with Crippen LogP contribution in [0.1, 0.15) is 39.5 Å². The van der Waals surface area contributed by atoms with Gasteiger partial charge in [-0.25, -0.2) is 0 Å². The Morgan fingerprint density at radius 1 is 1.31 bits per heavy atom. The topological polar surface area (TPSA) is 34.1 Å². The molecule has 0 spiro atoms. The molecule has 13 heavy (non-hydrogen) atoms. The largest absolute Gasteiger partial charge is 0.302 e. The predicted molar refractivity (Wildman–Crippen MR) is 50.6 cm³/mol. The normalized spacial score (nSPS) is 24.5. The van der Waals surface area contributed by atoms with E-state index in [0.717, 1.165) is 25.7 Å². The summed E-state index contributed by atoms with van der Waals surface area (Å²) in [6.07, 6.45) is 3.70. The van der Waals surface area contributed by atoms with Gasteiger partial charge in [-0.1, -0.05) is 13.8 Å². The molecule has 0 aromatic carbocycles. The van der Waals surface area contributed by atoms with Gasteiger partial charge in [0.25, 0.3) is 0 Å². The predicted octanol–water partition coefficient (Wildman–Crippen LogP) is 2.50. The second-order valence-electron chi connectivity index (χ2n) is 4.81. The molecule has 0 amide bonds. The zero-order chi connectivity index (χ0) is 10.1. The average molecular weight is 208 g/mol. The lowest BCUT2D eigenvalue weighted by molar-refractivity contribution is 0.201. The van der Waals surface area contributed by atoms with E-state index < -0.39 is 10.2 Å². The Bertz CT molecular complexity index is 259. The van der Waals surface area contributed by atoms with Gasteiger partial charge in [0.1, 0.15) is 0 Å². The molecule has 1 rings (SSSR count). The molecule has 0 N–H and O–H groups in total. The minimum Gasteiger partial charge on any atom is -0.195 e. The van der Waals surface area contributed by atoms with Gasteiger partial charge >= 0.3 is 10.2 Å².